The van der Waals surface area contributed by atoms with Crippen LogP contribution in [0.3, 0.4) is 0 Å². The summed E-state index contributed by atoms with van der Waals surface area (Å²) in [6.45, 7) is 5.60. The summed E-state index contributed by atoms with van der Waals surface area (Å²) in [5.41, 5.74) is 7.05. The number of hydrogen-bond donors (Lipinski definition) is 2. The highest BCUT2D eigenvalue weighted by atomic mass is 16.2. The molecule has 0 aliphatic carbocycles. The molecule has 0 bridgehead atoms. The van der Waals surface area contributed by atoms with Crippen molar-refractivity contribution in [2.75, 3.05) is 24.5 Å². The molecule has 2 aliphatic heterocycles. The third-order valence-corrected chi connectivity index (χ3v) is 5.32. The number of carbonyl (C=O) groups is 3. The summed E-state index contributed by atoms with van der Waals surface area (Å²) >= 11 is 0. The van der Waals surface area contributed by atoms with Crippen LogP contribution in [0, 0.1) is 6.92 Å². The first-order valence-electron chi connectivity index (χ1n) is 8.64. The predicted octanol–water partition coefficient (Wildman–Crippen LogP) is 1.39. The Hall–Kier alpha value is -2.57. The minimum absolute atomic E-state index is 0.134. The summed E-state index contributed by atoms with van der Waals surface area (Å²) in [4.78, 5) is 39.5. The zero-order valence-corrected chi connectivity index (χ0v) is 14.7. The van der Waals surface area contributed by atoms with Gasteiger partial charge in [-0.2, -0.15) is 0 Å². The van der Waals surface area contributed by atoms with Crippen molar-refractivity contribution in [3.63, 3.8) is 0 Å². The number of primary amides is 1. The normalized spacial score (nSPS) is 19.2. The minimum atomic E-state index is -0.485. The summed E-state index contributed by atoms with van der Waals surface area (Å²) in [5.74, 6) is -0.331. The number of nitrogens with one attached hydrogen (secondary N) is 1. The Labute approximate surface area is 147 Å². The van der Waals surface area contributed by atoms with Crippen molar-refractivity contribution in [1.29, 1.82) is 0 Å². The summed E-state index contributed by atoms with van der Waals surface area (Å²) in [5, 5.41) is 2.94. The van der Waals surface area contributed by atoms with E-state index in [4.69, 9.17) is 5.73 Å². The summed E-state index contributed by atoms with van der Waals surface area (Å²) in [6, 6.07) is 5.02. The number of rotatable bonds is 3. The number of nitrogens with two attached hydrogens (primary N) is 1. The maximum Gasteiger partial charge on any atom is 0.322 e. The highest BCUT2D eigenvalue weighted by Crippen LogP contribution is 2.38. The average Bonchev–Trinajstić information content (AvgIpc) is 2.91. The Morgan fingerprint density at radius 2 is 1.96 bits per heavy atom. The van der Waals surface area contributed by atoms with Gasteiger partial charge in [-0.25, -0.2) is 4.79 Å². The smallest absolute Gasteiger partial charge is 0.322 e. The Morgan fingerprint density at radius 1 is 1.28 bits per heavy atom. The van der Waals surface area contributed by atoms with E-state index < -0.39 is 5.91 Å². The standard InChI is InChI=1S/C18H24N4O3/c1-3-15(23)21-8-6-18(7-9-21)11-20-17(25)22(18)14-5-4-13(16(19)24)10-12(14)2/h4-5,10H,3,6-9,11H2,1-2H3,(H2,19,24)(H,20,25). The van der Waals surface area contributed by atoms with E-state index in [1.54, 1.807) is 23.1 Å². The molecule has 0 saturated carbocycles. The zero-order chi connectivity index (χ0) is 18.2. The lowest BCUT2D eigenvalue weighted by atomic mass is 9.86. The first-order valence-corrected chi connectivity index (χ1v) is 8.64. The van der Waals surface area contributed by atoms with E-state index in [-0.39, 0.29) is 17.5 Å². The van der Waals surface area contributed by atoms with Crippen LogP contribution in [-0.2, 0) is 4.79 Å². The minimum Gasteiger partial charge on any atom is -0.366 e. The van der Waals surface area contributed by atoms with Gasteiger partial charge in [-0.15, -0.1) is 0 Å². The molecule has 1 spiro atoms. The quantitative estimate of drug-likeness (QED) is 0.867. The van der Waals surface area contributed by atoms with Crippen molar-refractivity contribution in [3.8, 4) is 0 Å². The lowest BCUT2D eigenvalue weighted by Crippen LogP contribution is -2.55. The Kier molecular flexibility index (Phi) is 4.41. The van der Waals surface area contributed by atoms with Crippen molar-refractivity contribution >= 4 is 23.5 Å². The van der Waals surface area contributed by atoms with Gasteiger partial charge in [-0.1, -0.05) is 6.92 Å². The van der Waals surface area contributed by atoms with Crippen molar-refractivity contribution in [3.05, 3.63) is 29.3 Å². The average molecular weight is 344 g/mol. The van der Waals surface area contributed by atoms with Crippen molar-refractivity contribution in [2.24, 2.45) is 5.73 Å². The van der Waals surface area contributed by atoms with E-state index in [1.807, 2.05) is 18.7 Å². The third kappa shape index (κ3) is 2.94. The predicted molar refractivity (Wildman–Crippen MR) is 94.4 cm³/mol. The van der Waals surface area contributed by atoms with Crippen LogP contribution in [0.15, 0.2) is 18.2 Å². The fourth-order valence-corrected chi connectivity index (χ4v) is 3.83. The van der Waals surface area contributed by atoms with E-state index >= 15 is 0 Å². The molecule has 0 radical (unpaired) electrons. The summed E-state index contributed by atoms with van der Waals surface area (Å²) in [7, 11) is 0. The Morgan fingerprint density at radius 3 is 2.52 bits per heavy atom. The number of benzene rings is 1. The molecule has 2 heterocycles. The lowest BCUT2D eigenvalue weighted by molar-refractivity contribution is -0.132. The van der Waals surface area contributed by atoms with Gasteiger partial charge < -0.3 is 16.0 Å². The molecule has 0 aromatic heterocycles. The van der Waals surface area contributed by atoms with E-state index in [2.05, 4.69) is 5.32 Å². The van der Waals surface area contributed by atoms with Gasteiger partial charge in [0.2, 0.25) is 11.8 Å². The van der Waals surface area contributed by atoms with Crippen LogP contribution in [0.25, 0.3) is 0 Å². The van der Waals surface area contributed by atoms with Gasteiger partial charge >= 0.3 is 6.03 Å². The zero-order valence-electron chi connectivity index (χ0n) is 14.7. The van der Waals surface area contributed by atoms with E-state index in [0.717, 1.165) is 24.1 Å². The van der Waals surface area contributed by atoms with Gasteiger partial charge in [-0.3, -0.25) is 14.5 Å². The molecule has 25 heavy (non-hydrogen) atoms. The second-order valence-electron chi connectivity index (χ2n) is 6.82. The third-order valence-electron chi connectivity index (χ3n) is 5.32. The van der Waals surface area contributed by atoms with E-state index in [0.29, 0.717) is 31.6 Å². The van der Waals surface area contributed by atoms with Crippen molar-refractivity contribution in [2.45, 2.75) is 38.6 Å². The first-order chi connectivity index (χ1) is 11.9. The Balaban J connectivity index is 1.89. The molecule has 1 aromatic rings. The van der Waals surface area contributed by atoms with Crippen LogP contribution in [0.5, 0.6) is 0 Å². The maximum atomic E-state index is 12.5. The number of aryl methyl sites for hydroxylation is 1. The summed E-state index contributed by atoms with van der Waals surface area (Å²) < 4.78 is 0. The maximum absolute atomic E-state index is 12.5. The number of carbonyl (C=O) groups excluding carboxylic acids is 3. The molecule has 2 saturated heterocycles. The second-order valence-corrected chi connectivity index (χ2v) is 6.82. The Bertz CT molecular complexity index is 723. The van der Waals surface area contributed by atoms with Gasteiger partial charge in [0.1, 0.15) is 0 Å². The van der Waals surface area contributed by atoms with E-state index in [9.17, 15) is 14.4 Å². The fraction of sp³-hybridized carbons (Fsp3) is 0.500. The van der Waals surface area contributed by atoms with Gasteiger partial charge in [0.25, 0.3) is 0 Å². The van der Waals surface area contributed by atoms with Crippen LogP contribution in [0.1, 0.15) is 42.1 Å². The largest absolute Gasteiger partial charge is 0.366 e. The molecule has 7 heteroatoms. The molecule has 2 fully saturated rings. The fourth-order valence-electron chi connectivity index (χ4n) is 3.83. The van der Waals surface area contributed by atoms with Gasteiger partial charge in [0.15, 0.2) is 0 Å². The van der Waals surface area contributed by atoms with Gasteiger partial charge in [0.05, 0.1) is 5.54 Å². The molecule has 3 rings (SSSR count). The van der Waals surface area contributed by atoms with Crippen molar-refractivity contribution < 1.29 is 14.4 Å². The SMILES string of the molecule is CCC(=O)N1CCC2(CC1)CNC(=O)N2c1ccc(C(N)=O)cc1C. The van der Waals surface area contributed by atoms with Crippen molar-refractivity contribution in [1.82, 2.24) is 10.2 Å². The molecular formula is C18H24N4O3. The highest BCUT2D eigenvalue weighted by Gasteiger charge is 2.48. The molecule has 0 atom stereocenters. The highest BCUT2D eigenvalue weighted by molar-refractivity contribution is 5.98. The number of urea groups is 1. The number of amides is 4. The van der Waals surface area contributed by atoms with E-state index in [1.165, 1.54) is 0 Å². The number of nitrogens with zero attached hydrogens (tertiary/aromatic N) is 2. The van der Waals surface area contributed by atoms with Crippen LogP contribution >= 0.6 is 0 Å². The molecular weight excluding hydrogens is 320 g/mol. The molecule has 0 unspecified atom stereocenters. The lowest BCUT2D eigenvalue weighted by Gasteiger charge is -2.44. The summed E-state index contributed by atoms with van der Waals surface area (Å²) in [6.07, 6.45) is 1.96. The second kappa shape index (κ2) is 6.38. The molecule has 2 aliphatic rings. The molecule has 4 amide bonds. The van der Waals surface area contributed by atoms with Gasteiger partial charge in [0, 0.05) is 37.3 Å². The number of hydrogen-bond acceptors (Lipinski definition) is 3. The first kappa shape index (κ1) is 17.3. The van der Waals surface area contributed by atoms with Crippen LogP contribution in [0.4, 0.5) is 10.5 Å². The number of piperidine rings is 1. The van der Waals surface area contributed by atoms with Crippen LogP contribution in [0.2, 0.25) is 0 Å². The molecule has 7 nitrogen and oxygen atoms in total. The van der Waals surface area contributed by atoms with Crippen LogP contribution < -0.4 is 16.0 Å². The number of likely N-dealkylation sites (tertiary alicyclic amines) is 1. The monoisotopic (exact) mass is 344 g/mol. The topological polar surface area (TPSA) is 95.7 Å². The number of anilines is 1. The molecule has 3 N–H and O–H groups in total. The van der Waals surface area contributed by atoms with Gasteiger partial charge in [-0.05, 0) is 43.5 Å². The molecule has 134 valence electrons. The molecule has 1 aromatic carbocycles. The van der Waals surface area contributed by atoms with Crippen LogP contribution in [-0.4, -0.2) is 47.9 Å².